The number of methoxy groups -OCH3 is 1. The molecule has 2 heterocycles. The molecule has 2 aromatic rings. The molecule has 1 atom stereocenters. The van der Waals surface area contributed by atoms with Crippen molar-refractivity contribution >= 4 is 11.3 Å². The topological polar surface area (TPSA) is 42.4 Å². The Bertz CT molecular complexity index is 427. The number of pyridine rings is 1. The van der Waals surface area contributed by atoms with Gasteiger partial charge >= 0.3 is 0 Å². The summed E-state index contributed by atoms with van der Waals surface area (Å²) in [4.78, 5) is 4.83. The van der Waals surface area contributed by atoms with Crippen molar-refractivity contribution in [1.29, 1.82) is 0 Å². The molecule has 2 aromatic heterocycles. The van der Waals surface area contributed by atoms with Gasteiger partial charge in [0.05, 0.1) is 7.11 Å². The van der Waals surface area contributed by atoms with Gasteiger partial charge in [0.25, 0.3) is 0 Å². The fraction of sp³-hybridized carbons (Fsp3) is 0.182. The molecule has 3 nitrogen and oxygen atoms in total. The zero-order valence-corrected chi connectivity index (χ0v) is 9.07. The first-order valence-corrected chi connectivity index (χ1v) is 5.39. The summed E-state index contributed by atoms with van der Waals surface area (Å²) < 4.78 is 5.06. The first-order chi connectivity index (χ1) is 7.31. The second kappa shape index (κ2) is 4.42. The Kier molecular flexibility index (Phi) is 2.99. The van der Waals surface area contributed by atoms with E-state index in [0.717, 1.165) is 16.2 Å². The van der Waals surface area contributed by atoms with Crippen molar-refractivity contribution in [3.8, 4) is 5.75 Å². The average Bonchev–Trinajstić information content (AvgIpc) is 2.78. The maximum absolute atomic E-state index is 10.0. The minimum Gasteiger partial charge on any atom is -0.496 e. The van der Waals surface area contributed by atoms with Gasteiger partial charge in [-0.2, -0.15) is 0 Å². The number of rotatable bonds is 3. The van der Waals surface area contributed by atoms with Crippen molar-refractivity contribution in [2.24, 2.45) is 0 Å². The van der Waals surface area contributed by atoms with E-state index in [1.807, 2.05) is 23.6 Å². The summed E-state index contributed by atoms with van der Waals surface area (Å²) in [6.07, 6.45) is 2.73. The van der Waals surface area contributed by atoms with Crippen LogP contribution in [0.15, 0.2) is 36.0 Å². The van der Waals surface area contributed by atoms with Crippen LogP contribution in [0, 0.1) is 0 Å². The van der Waals surface area contributed by atoms with Gasteiger partial charge in [-0.15, -0.1) is 11.3 Å². The number of aliphatic hydroxyl groups excluding tert-OH is 1. The Hall–Kier alpha value is -1.39. The highest BCUT2D eigenvalue weighted by Gasteiger charge is 2.12. The van der Waals surface area contributed by atoms with Gasteiger partial charge in [-0.25, -0.2) is 0 Å². The highest BCUT2D eigenvalue weighted by molar-refractivity contribution is 7.10. The molecule has 0 bridgehead atoms. The molecule has 1 unspecified atom stereocenters. The van der Waals surface area contributed by atoms with Crippen LogP contribution in [0.4, 0.5) is 0 Å². The highest BCUT2D eigenvalue weighted by Crippen LogP contribution is 2.30. The molecule has 0 amide bonds. The normalized spacial score (nSPS) is 12.4. The molecule has 0 radical (unpaired) electrons. The third-order valence-electron chi connectivity index (χ3n) is 2.10. The van der Waals surface area contributed by atoms with E-state index >= 15 is 0 Å². The van der Waals surface area contributed by atoms with Crippen molar-refractivity contribution in [2.75, 3.05) is 7.11 Å². The predicted octanol–water partition coefficient (Wildman–Crippen LogP) is 2.23. The summed E-state index contributed by atoms with van der Waals surface area (Å²) in [6.45, 7) is 0. The van der Waals surface area contributed by atoms with Gasteiger partial charge in [0, 0.05) is 28.2 Å². The van der Waals surface area contributed by atoms with Crippen LogP contribution in [0.1, 0.15) is 16.5 Å². The van der Waals surface area contributed by atoms with Crippen molar-refractivity contribution in [3.63, 3.8) is 0 Å². The third kappa shape index (κ3) is 2.16. The Morgan fingerprint density at radius 2 is 2.40 bits per heavy atom. The lowest BCUT2D eigenvalue weighted by Crippen LogP contribution is -1.96. The SMILES string of the molecule is COc1csc(C(O)c2cccnc2)c1. The maximum Gasteiger partial charge on any atom is 0.129 e. The Morgan fingerprint density at radius 1 is 1.53 bits per heavy atom. The molecule has 0 aliphatic rings. The fourth-order valence-corrected chi connectivity index (χ4v) is 2.15. The van der Waals surface area contributed by atoms with Crippen LogP contribution < -0.4 is 4.74 Å². The molecule has 4 heteroatoms. The molecule has 0 aliphatic heterocycles. The number of thiophene rings is 1. The van der Waals surface area contributed by atoms with Crippen LogP contribution in [0.5, 0.6) is 5.75 Å². The lowest BCUT2D eigenvalue weighted by molar-refractivity contribution is 0.223. The van der Waals surface area contributed by atoms with E-state index < -0.39 is 6.10 Å². The third-order valence-corrected chi connectivity index (χ3v) is 3.06. The summed E-state index contributed by atoms with van der Waals surface area (Å²) in [5, 5.41) is 11.9. The van der Waals surface area contributed by atoms with Crippen LogP contribution in [0.3, 0.4) is 0 Å². The van der Waals surface area contributed by atoms with Gasteiger partial charge in [-0.05, 0) is 12.1 Å². The number of aliphatic hydroxyl groups is 1. The molecule has 0 fully saturated rings. The van der Waals surface area contributed by atoms with Gasteiger partial charge in [0.2, 0.25) is 0 Å². The Morgan fingerprint density at radius 3 is 3.00 bits per heavy atom. The summed E-state index contributed by atoms with van der Waals surface area (Å²) in [5.41, 5.74) is 0.794. The van der Waals surface area contributed by atoms with Crippen LogP contribution in [0.25, 0.3) is 0 Å². The summed E-state index contributed by atoms with van der Waals surface area (Å²) in [7, 11) is 1.61. The van der Waals surface area contributed by atoms with E-state index in [9.17, 15) is 5.11 Å². The summed E-state index contributed by atoms with van der Waals surface area (Å²) in [5.74, 6) is 0.776. The van der Waals surface area contributed by atoms with Crippen molar-refractivity contribution in [2.45, 2.75) is 6.10 Å². The second-order valence-corrected chi connectivity index (χ2v) is 4.02. The highest BCUT2D eigenvalue weighted by atomic mass is 32.1. The maximum atomic E-state index is 10.0. The first kappa shape index (κ1) is 10.1. The van der Waals surface area contributed by atoms with E-state index in [0.29, 0.717) is 0 Å². The number of hydrogen-bond donors (Lipinski definition) is 1. The molecule has 0 spiro atoms. The molecule has 1 N–H and O–H groups in total. The zero-order chi connectivity index (χ0) is 10.7. The molecule has 2 rings (SSSR count). The fourth-order valence-electron chi connectivity index (χ4n) is 1.29. The van der Waals surface area contributed by atoms with Gasteiger partial charge in [0.15, 0.2) is 0 Å². The van der Waals surface area contributed by atoms with Gasteiger partial charge in [-0.3, -0.25) is 4.98 Å². The van der Waals surface area contributed by atoms with E-state index in [-0.39, 0.29) is 0 Å². The molecule has 0 saturated heterocycles. The molecule has 0 aliphatic carbocycles. The first-order valence-electron chi connectivity index (χ1n) is 4.51. The predicted molar refractivity (Wildman–Crippen MR) is 59.2 cm³/mol. The monoisotopic (exact) mass is 221 g/mol. The average molecular weight is 221 g/mol. The van der Waals surface area contributed by atoms with Crippen LogP contribution in [0.2, 0.25) is 0 Å². The van der Waals surface area contributed by atoms with Crippen molar-refractivity contribution < 1.29 is 9.84 Å². The smallest absolute Gasteiger partial charge is 0.129 e. The van der Waals surface area contributed by atoms with Gasteiger partial charge in [-0.1, -0.05) is 6.07 Å². The van der Waals surface area contributed by atoms with E-state index in [1.165, 1.54) is 11.3 Å². The van der Waals surface area contributed by atoms with Crippen molar-refractivity contribution in [1.82, 2.24) is 4.98 Å². The minimum atomic E-state index is -0.618. The summed E-state index contributed by atoms with van der Waals surface area (Å²) in [6, 6.07) is 5.50. The standard InChI is InChI=1S/C11H11NO2S/c1-14-9-5-10(15-7-9)11(13)8-3-2-4-12-6-8/h2-7,11,13H,1H3. The molecular weight excluding hydrogens is 210 g/mol. The van der Waals surface area contributed by atoms with Crippen LogP contribution in [-0.2, 0) is 0 Å². The Balaban J connectivity index is 2.24. The minimum absolute atomic E-state index is 0.618. The number of aromatic nitrogens is 1. The molecule has 0 aromatic carbocycles. The van der Waals surface area contributed by atoms with Crippen LogP contribution >= 0.6 is 11.3 Å². The lowest BCUT2D eigenvalue weighted by Gasteiger charge is -2.07. The van der Waals surface area contributed by atoms with Gasteiger partial charge in [0.1, 0.15) is 11.9 Å². The van der Waals surface area contributed by atoms with Crippen LogP contribution in [-0.4, -0.2) is 17.2 Å². The second-order valence-electron chi connectivity index (χ2n) is 3.08. The lowest BCUT2D eigenvalue weighted by atomic mass is 10.1. The number of hydrogen-bond acceptors (Lipinski definition) is 4. The number of nitrogens with zero attached hydrogens (tertiary/aromatic N) is 1. The quantitative estimate of drug-likeness (QED) is 0.864. The number of ether oxygens (including phenoxy) is 1. The molecule has 15 heavy (non-hydrogen) atoms. The molecular formula is C11H11NO2S. The van der Waals surface area contributed by atoms with Gasteiger partial charge < -0.3 is 9.84 Å². The van der Waals surface area contributed by atoms with E-state index in [2.05, 4.69) is 4.98 Å². The Labute approximate surface area is 92.0 Å². The van der Waals surface area contributed by atoms with Crippen molar-refractivity contribution in [3.05, 3.63) is 46.4 Å². The van der Waals surface area contributed by atoms with E-state index in [4.69, 9.17) is 4.74 Å². The largest absolute Gasteiger partial charge is 0.496 e. The van der Waals surface area contributed by atoms with E-state index in [1.54, 1.807) is 19.5 Å². The molecule has 0 saturated carbocycles. The molecule has 78 valence electrons. The summed E-state index contributed by atoms with van der Waals surface area (Å²) >= 11 is 1.47. The zero-order valence-electron chi connectivity index (χ0n) is 8.25.